The normalized spacial score (nSPS) is 14.5. The van der Waals surface area contributed by atoms with Crippen molar-refractivity contribution in [1.82, 2.24) is 29.7 Å². The quantitative estimate of drug-likeness (QED) is 0.507. The fourth-order valence-corrected chi connectivity index (χ4v) is 3.62. The van der Waals surface area contributed by atoms with Gasteiger partial charge in [0.05, 0.1) is 12.1 Å². The summed E-state index contributed by atoms with van der Waals surface area (Å²) < 4.78 is 13.8. The first-order chi connectivity index (χ1) is 15.1. The second-order valence-corrected chi connectivity index (χ2v) is 7.36. The van der Waals surface area contributed by atoms with E-state index in [9.17, 15) is 4.79 Å². The van der Waals surface area contributed by atoms with Crippen LogP contribution in [0.1, 0.15) is 19.8 Å². The first-order valence-electron chi connectivity index (χ1n) is 10.1. The SMILES string of the molecule is C[C@H](Oc1cc2c3c(c1)nc(-c1ccc(-c4ncn[nH]4)cn1)n3CCCCO2)C(N)=O. The summed E-state index contributed by atoms with van der Waals surface area (Å²) >= 11 is 0. The number of amides is 1. The van der Waals surface area contributed by atoms with E-state index in [1.165, 1.54) is 6.33 Å². The third-order valence-corrected chi connectivity index (χ3v) is 5.21. The Morgan fingerprint density at radius 3 is 2.94 bits per heavy atom. The summed E-state index contributed by atoms with van der Waals surface area (Å²) in [5, 5.41) is 6.71. The highest BCUT2D eigenvalue weighted by atomic mass is 16.5. The fraction of sp³-hybridized carbons (Fsp3) is 0.286. The zero-order valence-corrected chi connectivity index (χ0v) is 16.9. The minimum Gasteiger partial charge on any atom is -0.491 e. The lowest BCUT2D eigenvalue weighted by Crippen LogP contribution is -2.30. The van der Waals surface area contributed by atoms with E-state index in [2.05, 4.69) is 24.7 Å². The third-order valence-electron chi connectivity index (χ3n) is 5.21. The van der Waals surface area contributed by atoms with Crippen molar-refractivity contribution >= 4 is 16.9 Å². The summed E-state index contributed by atoms with van der Waals surface area (Å²) in [6, 6.07) is 7.43. The summed E-state index contributed by atoms with van der Waals surface area (Å²) in [5.74, 6) is 2.01. The number of rotatable bonds is 5. The van der Waals surface area contributed by atoms with Crippen LogP contribution in [0.4, 0.5) is 0 Å². The van der Waals surface area contributed by atoms with E-state index in [1.54, 1.807) is 25.3 Å². The van der Waals surface area contributed by atoms with E-state index in [0.717, 1.165) is 42.0 Å². The molecule has 4 heterocycles. The minimum atomic E-state index is -0.759. The third kappa shape index (κ3) is 3.56. The largest absolute Gasteiger partial charge is 0.491 e. The van der Waals surface area contributed by atoms with Crippen LogP contribution in [-0.4, -0.2) is 48.3 Å². The predicted molar refractivity (Wildman–Crippen MR) is 112 cm³/mol. The van der Waals surface area contributed by atoms with Gasteiger partial charge in [0.25, 0.3) is 5.91 Å². The van der Waals surface area contributed by atoms with Crippen molar-refractivity contribution in [2.75, 3.05) is 6.61 Å². The van der Waals surface area contributed by atoms with Crippen LogP contribution in [0.5, 0.6) is 11.5 Å². The number of aromatic nitrogens is 6. The van der Waals surface area contributed by atoms with Crippen LogP contribution in [0.3, 0.4) is 0 Å². The number of hydrogen-bond donors (Lipinski definition) is 2. The number of carbonyl (C=O) groups excluding carboxylic acids is 1. The molecule has 5 rings (SSSR count). The molecule has 3 N–H and O–H groups in total. The van der Waals surface area contributed by atoms with Crippen LogP contribution < -0.4 is 15.2 Å². The van der Waals surface area contributed by atoms with E-state index in [4.69, 9.17) is 20.2 Å². The molecule has 10 nitrogen and oxygen atoms in total. The van der Waals surface area contributed by atoms with Crippen molar-refractivity contribution < 1.29 is 14.3 Å². The van der Waals surface area contributed by atoms with Gasteiger partial charge in [-0.05, 0) is 31.9 Å². The second-order valence-electron chi connectivity index (χ2n) is 7.36. The Bertz CT molecular complexity index is 1230. The maximum Gasteiger partial charge on any atom is 0.258 e. The molecule has 1 aliphatic rings. The Hall–Kier alpha value is -3.95. The number of carbonyl (C=O) groups is 1. The molecule has 0 unspecified atom stereocenters. The van der Waals surface area contributed by atoms with Crippen molar-refractivity contribution in [1.29, 1.82) is 0 Å². The van der Waals surface area contributed by atoms with E-state index in [1.807, 2.05) is 12.1 Å². The highest BCUT2D eigenvalue weighted by molar-refractivity contribution is 5.87. The molecule has 31 heavy (non-hydrogen) atoms. The van der Waals surface area contributed by atoms with Gasteiger partial charge in [0.2, 0.25) is 0 Å². The number of hydrogen-bond acceptors (Lipinski definition) is 7. The maximum absolute atomic E-state index is 11.4. The number of nitrogens with two attached hydrogens (primary N) is 1. The molecule has 158 valence electrons. The smallest absolute Gasteiger partial charge is 0.258 e. The number of aryl methyl sites for hydroxylation is 1. The zero-order chi connectivity index (χ0) is 21.4. The standard InChI is InChI=1S/C21H21N7O3/c1-12(19(22)29)31-14-8-16-18-17(9-14)30-7-3-2-6-28(18)21(26-16)15-5-4-13(10-23-15)20-24-11-25-27-20/h4-5,8-12H,2-3,6-7H2,1H3,(H2,22,29)(H,24,25,27)/t12-/m0/s1. The van der Waals surface area contributed by atoms with E-state index in [0.29, 0.717) is 29.4 Å². The first kappa shape index (κ1) is 19.0. The molecule has 10 heteroatoms. The molecule has 0 radical (unpaired) electrons. The predicted octanol–water partition coefficient (Wildman–Crippen LogP) is 2.31. The summed E-state index contributed by atoms with van der Waals surface area (Å²) in [4.78, 5) is 25.0. The Kier molecular flexibility index (Phi) is 4.73. The van der Waals surface area contributed by atoms with Crippen LogP contribution in [-0.2, 0) is 11.3 Å². The monoisotopic (exact) mass is 419 g/mol. The van der Waals surface area contributed by atoms with Gasteiger partial charge in [0.1, 0.15) is 29.0 Å². The number of aromatic amines is 1. The van der Waals surface area contributed by atoms with Gasteiger partial charge in [-0.15, -0.1) is 0 Å². The van der Waals surface area contributed by atoms with E-state index >= 15 is 0 Å². The Labute approximate surface area is 177 Å². The molecule has 1 aliphatic heterocycles. The molecule has 1 atom stereocenters. The summed E-state index contributed by atoms with van der Waals surface area (Å²) in [7, 11) is 0. The molecule has 0 saturated carbocycles. The van der Waals surface area contributed by atoms with Gasteiger partial charge in [-0.2, -0.15) is 5.10 Å². The molecule has 1 amide bonds. The van der Waals surface area contributed by atoms with Gasteiger partial charge in [0, 0.05) is 30.4 Å². The molecule has 1 aromatic carbocycles. The van der Waals surface area contributed by atoms with Gasteiger partial charge in [-0.25, -0.2) is 9.97 Å². The molecule has 0 spiro atoms. The molecular formula is C21H21N7O3. The number of pyridine rings is 1. The highest BCUT2D eigenvalue weighted by Gasteiger charge is 2.21. The van der Waals surface area contributed by atoms with Gasteiger partial charge in [-0.3, -0.25) is 14.9 Å². The average Bonchev–Trinajstić information content (AvgIpc) is 3.40. The molecule has 0 bridgehead atoms. The molecule has 0 saturated heterocycles. The minimum absolute atomic E-state index is 0.485. The first-order valence-corrected chi connectivity index (χ1v) is 10.1. The second kappa shape index (κ2) is 7.71. The highest BCUT2D eigenvalue weighted by Crippen LogP contribution is 2.36. The summed E-state index contributed by atoms with van der Waals surface area (Å²) in [6.07, 6.45) is 4.32. The van der Waals surface area contributed by atoms with Crippen LogP contribution >= 0.6 is 0 Å². The van der Waals surface area contributed by atoms with Gasteiger partial charge >= 0.3 is 0 Å². The molecular weight excluding hydrogens is 398 g/mol. The maximum atomic E-state index is 11.4. The number of H-pyrrole nitrogens is 1. The lowest BCUT2D eigenvalue weighted by molar-refractivity contribution is -0.123. The van der Waals surface area contributed by atoms with Crippen LogP contribution in [0, 0.1) is 0 Å². The zero-order valence-electron chi connectivity index (χ0n) is 16.9. The number of ether oxygens (including phenoxy) is 2. The van der Waals surface area contributed by atoms with Gasteiger partial charge < -0.3 is 19.8 Å². The lowest BCUT2D eigenvalue weighted by Gasteiger charge is -2.17. The Morgan fingerprint density at radius 2 is 2.19 bits per heavy atom. The summed E-state index contributed by atoms with van der Waals surface area (Å²) in [6.45, 7) is 3.01. The topological polar surface area (TPSA) is 134 Å². The van der Waals surface area contributed by atoms with Crippen molar-refractivity contribution in [2.24, 2.45) is 5.73 Å². The van der Waals surface area contributed by atoms with Gasteiger partial charge in [-0.1, -0.05) is 0 Å². The van der Waals surface area contributed by atoms with Crippen molar-refractivity contribution in [3.63, 3.8) is 0 Å². The van der Waals surface area contributed by atoms with Crippen molar-refractivity contribution in [3.05, 3.63) is 36.8 Å². The molecule has 0 fully saturated rings. The van der Waals surface area contributed by atoms with Crippen molar-refractivity contribution in [3.8, 4) is 34.4 Å². The Morgan fingerprint density at radius 1 is 1.29 bits per heavy atom. The van der Waals surface area contributed by atoms with E-state index < -0.39 is 12.0 Å². The van der Waals surface area contributed by atoms with Crippen LogP contribution in [0.25, 0.3) is 33.9 Å². The number of benzene rings is 1. The fourth-order valence-electron chi connectivity index (χ4n) is 3.62. The molecule has 3 aromatic heterocycles. The number of imidazole rings is 1. The average molecular weight is 419 g/mol. The Balaban J connectivity index is 1.60. The molecule has 4 aromatic rings. The summed E-state index contributed by atoms with van der Waals surface area (Å²) in [5.41, 5.74) is 8.51. The number of primary amides is 1. The van der Waals surface area contributed by atoms with Crippen LogP contribution in [0.2, 0.25) is 0 Å². The molecule has 0 aliphatic carbocycles. The van der Waals surface area contributed by atoms with Gasteiger partial charge in [0.15, 0.2) is 17.8 Å². The lowest BCUT2D eigenvalue weighted by atomic mass is 10.2. The van der Waals surface area contributed by atoms with E-state index in [-0.39, 0.29) is 0 Å². The number of nitrogens with zero attached hydrogens (tertiary/aromatic N) is 5. The van der Waals surface area contributed by atoms with Crippen LogP contribution in [0.15, 0.2) is 36.8 Å². The number of nitrogens with one attached hydrogen (secondary N) is 1. The van der Waals surface area contributed by atoms with Crippen molar-refractivity contribution in [2.45, 2.75) is 32.4 Å².